The van der Waals surface area contributed by atoms with E-state index >= 15 is 0 Å². The number of ether oxygens (including phenoxy) is 1. The first kappa shape index (κ1) is 17.3. The predicted molar refractivity (Wildman–Crippen MR) is 106 cm³/mol. The van der Waals surface area contributed by atoms with Crippen molar-refractivity contribution >= 4 is 28.4 Å². The third-order valence-corrected chi connectivity index (χ3v) is 4.89. The third kappa shape index (κ3) is 3.84. The summed E-state index contributed by atoms with van der Waals surface area (Å²) in [4.78, 5) is 24.1. The van der Waals surface area contributed by atoms with Gasteiger partial charge in [0.25, 0.3) is 0 Å². The van der Waals surface area contributed by atoms with Crippen molar-refractivity contribution in [1.29, 1.82) is 0 Å². The molecule has 27 heavy (non-hydrogen) atoms. The zero-order chi connectivity index (χ0) is 18.6. The summed E-state index contributed by atoms with van der Waals surface area (Å²) >= 11 is 0. The van der Waals surface area contributed by atoms with Gasteiger partial charge >= 0.3 is 0 Å². The minimum atomic E-state index is -0.0850. The minimum Gasteiger partial charge on any atom is -0.497 e. The van der Waals surface area contributed by atoms with E-state index in [1.807, 2.05) is 48.5 Å². The number of benzene rings is 2. The van der Waals surface area contributed by atoms with Crippen LogP contribution in [0.4, 0.5) is 11.5 Å². The van der Waals surface area contributed by atoms with Gasteiger partial charge in [-0.25, -0.2) is 4.98 Å². The van der Waals surface area contributed by atoms with Crippen LogP contribution in [0.25, 0.3) is 11.0 Å². The fraction of sp³-hybridized carbons (Fsp3) is 0.286. The van der Waals surface area contributed by atoms with Crippen molar-refractivity contribution < 1.29 is 9.53 Å². The lowest BCUT2D eigenvalue weighted by Crippen LogP contribution is -2.41. The molecule has 6 nitrogen and oxygen atoms in total. The Balaban J connectivity index is 1.47. The minimum absolute atomic E-state index is 0.0294. The van der Waals surface area contributed by atoms with Crippen LogP contribution in [0.15, 0.2) is 54.7 Å². The number of carbonyl (C=O) groups is 1. The molecule has 2 heterocycles. The summed E-state index contributed by atoms with van der Waals surface area (Å²) in [6, 6.07) is 15.2. The Bertz CT molecular complexity index is 960. The summed E-state index contributed by atoms with van der Waals surface area (Å²) < 4.78 is 5.22. The van der Waals surface area contributed by atoms with Crippen molar-refractivity contribution in [3.05, 3.63) is 54.7 Å². The lowest BCUT2D eigenvalue weighted by atomic mass is 9.97. The highest BCUT2D eigenvalue weighted by Crippen LogP contribution is 2.24. The molecule has 138 valence electrons. The van der Waals surface area contributed by atoms with E-state index in [1.54, 1.807) is 13.3 Å². The van der Waals surface area contributed by atoms with Gasteiger partial charge in [-0.15, -0.1) is 0 Å². The number of methoxy groups -OCH3 is 1. The first-order valence-corrected chi connectivity index (χ1v) is 9.14. The number of nitrogens with one attached hydrogen (secondary N) is 1. The molecule has 1 aliphatic rings. The fourth-order valence-electron chi connectivity index (χ4n) is 3.44. The maximum Gasteiger partial charge on any atom is 0.229 e. The van der Waals surface area contributed by atoms with Crippen LogP contribution < -0.4 is 15.0 Å². The van der Waals surface area contributed by atoms with Crippen LogP contribution in [-0.4, -0.2) is 36.1 Å². The summed E-state index contributed by atoms with van der Waals surface area (Å²) in [6.45, 7) is 1.53. The van der Waals surface area contributed by atoms with E-state index in [-0.39, 0.29) is 11.8 Å². The quantitative estimate of drug-likeness (QED) is 0.769. The second-order valence-electron chi connectivity index (χ2n) is 6.72. The number of nitrogens with zero attached hydrogens (tertiary/aromatic N) is 3. The molecule has 0 unspecified atom stereocenters. The molecule has 1 N–H and O–H groups in total. The van der Waals surface area contributed by atoms with Gasteiger partial charge in [0.15, 0.2) is 0 Å². The number of amides is 1. The zero-order valence-corrected chi connectivity index (χ0v) is 15.3. The monoisotopic (exact) mass is 362 g/mol. The first-order chi connectivity index (χ1) is 13.2. The van der Waals surface area contributed by atoms with E-state index in [0.717, 1.165) is 47.7 Å². The van der Waals surface area contributed by atoms with Gasteiger partial charge in [0.1, 0.15) is 11.6 Å². The van der Waals surface area contributed by atoms with Crippen molar-refractivity contribution in [3.8, 4) is 5.75 Å². The summed E-state index contributed by atoms with van der Waals surface area (Å²) in [5.74, 6) is 1.50. The summed E-state index contributed by atoms with van der Waals surface area (Å²) in [5, 5.41) is 3.01. The van der Waals surface area contributed by atoms with Crippen LogP contribution in [0.3, 0.4) is 0 Å². The van der Waals surface area contributed by atoms with Crippen LogP contribution in [0, 0.1) is 5.92 Å². The Kier molecular flexibility index (Phi) is 4.87. The number of hydrogen-bond acceptors (Lipinski definition) is 5. The van der Waals surface area contributed by atoms with Gasteiger partial charge in [0.05, 0.1) is 30.3 Å². The molecule has 2 aromatic carbocycles. The number of anilines is 2. The van der Waals surface area contributed by atoms with E-state index in [4.69, 9.17) is 9.72 Å². The molecule has 0 radical (unpaired) electrons. The lowest BCUT2D eigenvalue weighted by Gasteiger charge is -2.32. The number of hydrogen-bond donors (Lipinski definition) is 1. The van der Waals surface area contributed by atoms with Crippen LogP contribution in [0.1, 0.15) is 12.8 Å². The second kappa shape index (κ2) is 7.61. The van der Waals surface area contributed by atoms with Crippen molar-refractivity contribution in [3.63, 3.8) is 0 Å². The number of para-hydroxylation sites is 2. The van der Waals surface area contributed by atoms with E-state index in [0.29, 0.717) is 6.54 Å². The molecule has 0 saturated carbocycles. The Morgan fingerprint density at radius 3 is 2.89 bits per heavy atom. The summed E-state index contributed by atoms with van der Waals surface area (Å²) in [7, 11) is 1.62. The van der Waals surface area contributed by atoms with E-state index in [9.17, 15) is 4.79 Å². The molecule has 1 saturated heterocycles. The standard InChI is InChI=1S/C21H22N4O2/c1-27-17-8-4-7-16(12-17)23-21(26)15-6-5-11-25(14-15)20-13-22-18-9-2-3-10-19(18)24-20/h2-4,7-10,12-13,15H,5-6,11,14H2,1H3,(H,23,26)/t15-/m0/s1. The Labute approximate surface area is 158 Å². The lowest BCUT2D eigenvalue weighted by molar-refractivity contribution is -0.120. The van der Waals surface area contributed by atoms with E-state index in [2.05, 4.69) is 15.2 Å². The molecule has 1 aromatic heterocycles. The molecule has 1 aliphatic heterocycles. The van der Waals surface area contributed by atoms with E-state index < -0.39 is 0 Å². The van der Waals surface area contributed by atoms with Gasteiger partial charge in [-0.2, -0.15) is 0 Å². The van der Waals surface area contributed by atoms with Crippen LogP contribution >= 0.6 is 0 Å². The number of piperidine rings is 1. The first-order valence-electron chi connectivity index (χ1n) is 9.14. The van der Waals surface area contributed by atoms with Crippen molar-refractivity contribution in [2.75, 3.05) is 30.4 Å². The van der Waals surface area contributed by atoms with E-state index in [1.165, 1.54) is 0 Å². The Hall–Kier alpha value is -3.15. The van der Waals surface area contributed by atoms with Gasteiger partial charge in [0.2, 0.25) is 5.91 Å². The highest BCUT2D eigenvalue weighted by molar-refractivity contribution is 5.93. The topological polar surface area (TPSA) is 67.3 Å². The average molecular weight is 362 g/mol. The molecule has 0 spiro atoms. The van der Waals surface area contributed by atoms with Crippen LogP contribution in [-0.2, 0) is 4.79 Å². The molecule has 0 aliphatic carbocycles. The predicted octanol–water partition coefficient (Wildman–Crippen LogP) is 3.49. The SMILES string of the molecule is COc1cccc(NC(=O)[C@H]2CCCN(c3cnc4ccccc4n3)C2)c1. The maximum atomic E-state index is 12.7. The smallest absolute Gasteiger partial charge is 0.229 e. The van der Waals surface area contributed by atoms with Crippen molar-refractivity contribution in [2.24, 2.45) is 5.92 Å². The van der Waals surface area contributed by atoms with Gasteiger partial charge in [0, 0.05) is 24.8 Å². The summed E-state index contributed by atoms with van der Waals surface area (Å²) in [5.41, 5.74) is 2.51. The highest BCUT2D eigenvalue weighted by Gasteiger charge is 2.27. The van der Waals surface area contributed by atoms with Crippen LogP contribution in [0.2, 0.25) is 0 Å². The molecule has 1 atom stereocenters. The number of aromatic nitrogens is 2. The largest absolute Gasteiger partial charge is 0.497 e. The van der Waals surface area contributed by atoms with Crippen LogP contribution in [0.5, 0.6) is 5.75 Å². The third-order valence-electron chi connectivity index (χ3n) is 4.89. The molecule has 4 rings (SSSR count). The number of fused-ring (bicyclic) bond motifs is 1. The average Bonchev–Trinajstić information content (AvgIpc) is 2.73. The van der Waals surface area contributed by atoms with Crippen molar-refractivity contribution in [1.82, 2.24) is 9.97 Å². The molecular formula is C21H22N4O2. The van der Waals surface area contributed by atoms with Crippen molar-refractivity contribution in [2.45, 2.75) is 12.8 Å². The molecule has 0 bridgehead atoms. The maximum absolute atomic E-state index is 12.7. The second-order valence-corrected chi connectivity index (χ2v) is 6.72. The molecule has 3 aromatic rings. The number of rotatable bonds is 4. The zero-order valence-electron chi connectivity index (χ0n) is 15.3. The normalized spacial score (nSPS) is 16.9. The Morgan fingerprint density at radius 1 is 1.19 bits per heavy atom. The Morgan fingerprint density at radius 2 is 2.04 bits per heavy atom. The molecular weight excluding hydrogens is 340 g/mol. The highest BCUT2D eigenvalue weighted by atomic mass is 16.5. The molecule has 1 amide bonds. The van der Waals surface area contributed by atoms with Gasteiger partial charge in [-0.3, -0.25) is 9.78 Å². The molecule has 1 fully saturated rings. The summed E-state index contributed by atoms with van der Waals surface area (Å²) in [6.07, 6.45) is 3.61. The van der Waals surface area contributed by atoms with Gasteiger partial charge in [-0.1, -0.05) is 18.2 Å². The van der Waals surface area contributed by atoms with Gasteiger partial charge in [-0.05, 0) is 37.1 Å². The number of carbonyl (C=O) groups excluding carboxylic acids is 1. The fourth-order valence-corrected chi connectivity index (χ4v) is 3.44. The van der Waals surface area contributed by atoms with Gasteiger partial charge < -0.3 is 15.0 Å². The molecule has 6 heteroatoms.